The molecule has 1 unspecified atom stereocenters. The topological polar surface area (TPSA) is 123 Å². The Morgan fingerprint density at radius 2 is 2.00 bits per heavy atom. The number of nitrogen functional groups attached to an aromatic ring is 1. The summed E-state index contributed by atoms with van der Waals surface area (Å²) in [5.41, 5.74) is 5.45. The molecule has 1 aromatic carbocycles. The smallest absolute Gasteiger partial charge is 0.350 e. The molecule has 4 N–H and O–H groups in total. The zero-order valence-corrected chi connectivity index (χ0v) is 16.8. The highest BCUT2D eigenvalue weighted by Crippen LogP contribution is 2.39. The molecule has 2 heterocycles. The van der Waals surface area contributed by atoms with Crippen LogP contribution in [0.1, 0.15) is 44.2 Å². The number of aromatic nitrogens is 2. The molecule has 2 fully saturated rings. The first kappa shape index (κ1) is 20.9. The third-order valence-corrected chi connectivity index (χ3v) is 5.47. The van der Waals surface area contributed by atoms with Gasteiger partial charge in [-0.2, -0.15) is 9.94 Å². The molecule has 8 nitrogen and oxygen atoms in total. The van der Waals surface area contributed by atoms with Crippen LogP contribution in [0.4, 0.5) is 10.1 Å². The molecule has 0 bridgehead atoms. The highest BCUT2D eigenvalue weighted by Gasteiger charge is 2.31. The second-order valence-corrected chi connectivity index (χ2v) is 7.82. The number of anilines is 1. The van der Waals surface area contributed by atoms with Crippen molar-refractivity contribution in [1.82, 2.24) is 9.24 Å². The summed E-state index contributed by atoms with van der Waals surface area (Å²) >= 11 is 0. The number of aryl methyl sites for hydroxylation is 1. The highest BCUT2D eigenvalue weighted by atomic mass is 19.1. The van der Waals surface area contributed by atoms with Crippen LogP contribution in [0.2, 0.25) is 0 Å². The first-order chi connectivity index (χ1) is 13.8. The van der Waals surface area contributed by atoms with Gasteiger partial charge in [-0.15, -0.1) is 0 Å². The maximum Gasteiger partial charge on any atom is 0.350 e. The standard InChI is InChI=1S/C17H21FN4O2.C3H6N2/c1-9-5-6-20(8-9)15-10(2)14-12(7-13(15)18)16(23)22(19)17(24)21(14)11-3-4-11;4-2-1-3-5/h7,9,11H,3-6,8,19H2,1-2H3;1-2,4H2. The number of rotatable bonds is 3. The maximum absolute atomic E-state index is 14.8. The van der Waals surface area contributed by atoms with Crippen LogP contribution in [0.3, 0.4) is 0 Å². The van der Waals surface area contributed by atoms with Gasteiger partial charge in [0.05, 0.1) is 22.7 Å². The van der Waals surface area contributed by atoms with Crippen LogP contribution in [0.5, 0.6) is 0 Å². The van der Waals surface area contributed by atoms with Crippen molar-refractivity contribution in [3.63, 3.8) is 0 Å². The second-order valence-electron chi connectivity index (χ2n) is 7.82. The lowest BCUT2D eigenvalue weighted by molar-refractivity contribution is 0.616. The highest BCUT2D eigenvalue weighted by molar-refractivity contribution is 5.87. The quantitative estimate of drug-likeness (QED) is 0.748. The Labute approximate surface area is 168 Å². The van der Waals surface area contributed by atoms with Gasteiger partial charge in [-0.3, -0.25) is 9.36 Å². The molecule has 4 rings (SSSR count). The van der Waals surface area contributed by atoms with E-state index in [1.54, 1.807) is 11.5 Å². The fourth-order valence-corrected chi connectivity index (χ4v) is 3.92. The molecule has 1 aliphatic heterocycles. The Morgan fingerprint density at radius 3 is 2.48 bits per heavy atom. The lowest BCUT2D eigenvalue weighted by Gasteiger charge is -2.24. The third kappa shape index (κ3) is 3.85. The fraction of sp³-hybridized carbons (Fsp3) is 0.550. The van der Waals surface area contributed by atoms with E-state index in [-0.39, 0.29) is 11.4 Å². The van der Waals surface area contributed by atoms with Crippen LogP contribution >= 0.6 is 0 Å². The van der Waals surface area contributed by atoms with E-state index in [1.807, 2.05) is 11.0 Å². The number of nitrogens with two attached hydrogens (primary N) is 2. The van der Waals surface area contributed by atoms with Crippen LogP contribution in [-0.4, -0.2) is 28.9 Å². The van der Waals surface area contributed by atoms with Crippen molar-refractivity contribution in [1.29, 1.82) is 5.26 Å². The molecule has 0 amide bonds. The molecule has 1 aromatic heterocycles. The second kappa shape index (κ2) is 8.25. The summed E-state index contributed by atoms with van der Waals surface area (Å²) in [4.78, 5) is 26.9. The van der Waals surface area contributed by atoms with Crippen LogP contribution in [0.15, 0.2) is 15.7 Å². The van der Waals surface area contributed by atoms with Crippen molar-refractivity contribution in [2.24, 2.45) is 11.7 Å². The molecule has 1 atom stereocenters. The number of nitrogens with zero attached hydrogens (tertiary/aromatic N) is 4. The Bertz CT molecular complexity index is 1080. The number of halogens is 1. The Hall–Kier alpha value is -2.86. The maximum atomic E-state index is 14.8. The predicted molar refractivity (Wildman–Crippen MR) is 111 cm³/mol. The van der Waals surface area contributed by atoms with Gasteiger partial charge in [-0.05, 0) is 38.2 Å². The van der Waals surface area contributed by atoms with Gasteiger partial charge in [0.15, 0.2) is 0 Å². The number of hydrogen-bond acceptors (Lipinski definition) is 6. The first-order valence-corrected chi connectivity index (χ1v) is 9.89. The molecular weight excluding hydrogens is 375 g/mol. The van der Waals surface area contributed by atoms with Crippen molar-refractivity contribution in [3.05, 3.63) is 38.3 Å². The minimum atomic E-state index is -0.643. The fourth-order valence-electron chi connectivity index (χ4n) is 3.92. The van der Waals surface area contributed by atoms with Gasteiger partial charge in [-0.25, -0.2) is 9.18 Å². The summed E-state index contributed by atoms with van der Waals surface area (Å²) in [6, 6.07) is 3.18. The van der Waals surface area contributed by atoms with Crippen LogP contribution in [0.25, 0.3) is 10.9 Å². The molecule has 9 heteroatoms. The van der Waals surface area contributed by atoms with Crippen LogP contribution in [-0.2, 0) is 0 Å². The zero-order valence-electron chi connectivity index (χ0n) is 16.8. The molecule has 29 heavy (non-hydrogen) atoms. The van der Waals surface area contributed by atoms with Gasteiger partial charge in [0.1, 0.15) is 5.82 Å². The van der Waals surface area contributed by atoms with E-state index in [0.717, 1.165) is 32.4 Å². The summed E-state index contributed by atoms with van der Waals surface area (Å²) < 4.78 is 17.0. The van der Waals surface area contributed by atoms with E-state index in [0.29, 0.717) is 40.3 Å². The number of fused-ring (bicyclic) bond motifs is 1. The number of benzene rings is 1. The van der Waals surface area contributed by atoms with Crippen LogP contribution < -0.4 is 27.7 Å². The lowest BCUT2D eigenvalue weighted by Crippen LogP contribution is -2.44. The van der Waals surface area contributed by atoms with Crippen molar-refractivity contribution >= 4 is 16.6 Å². The minimum absolute atomic E-state index is 0.0462. The normalized spacial score (nSPS) is 18.4. The molecule has 2 aliphatic rings. The summed E-state index contributed by atoms with van der Waals surface area (Å²) in [5.74, 6) is 5.71. The van der Waals surface area contributed by atoms with E-state index >= 15 is 0 Å². The van der Waals surface area contributed by atoms with Gasteiger partial charge in [0.25, 0.3) is 5.56 Å². The third-order valence-electron chi connectivity index (χ3n) is 5.47. The summed E-state index contributed by atoms with van der Waals surface area (Å²) in [6.07, 6.45) is 3.23. The number of nitriles is 1. The van der Waals surface area contributed by atoms with E-state index in [9.17, 15) is 14.0 Å². The average molecular weight is 402 g/mol. The summed E-state index contributed by atoms with van der Waals surface area (Å²) in [7, 11) is 0. The molecule has 1 saturated carbocycles. The molecule has 1 saturated heterocycles. The molecule has 156 valence electrons. The van der Waals surface area contributed by atoms with Gasteiger partial charge >= 0.3 is 5.69 Å². The Morgan fingerprint density at radius 1 is 1.31 bits per heavy atom. The van der Waals surface area contributed by atoms with Gasteiger partial charge < -0.3 is 16.5 Å². The molecule has 0 spiro atoms. The van der Waals surface area contributed by atoms with Gasteiger partial charge in [0.2, 0.25) is 0 Å². The molecule has 2 aromatic rings. The van der Waals surface area contributed by atoms with Crippen molar-refractivity contribution < 1.29 is 4.39 Å². The van der Waals surface area contributed by atoms with Crippen molar-refractivity contribution in [2.75, 3.05) is 30.4 Å². The largest absolute Gasteiger partial charge is 0.369 e. The lowest BCUT2D eigenvalue weighted by atomic mass is 10.1. The van der Waals surface area contributed by atoms with Gasteiger partial charge in [-0.1, -0.05) is 6.92 Å². The summed E-state index contributed by atoms with van der Waals surface area (Å²) in [5, 5.41) is 7.91. The first-order valence-electron chi connectivity index (χ1n) is 9.89. The minimum Gasteiger partial charge on any atom is -0.369 e. The predicted octanol–water partition coefficient (Wildman–Crippen LogP) is 1.36. The van der Waals surface area contributed by atoms with Gasteiger partial charge in [0, 0.05) is 37.7 Å². The molecule has 0 radical (unpaired) electrons. The Balaban J connectivity index is 0.000000431. The summed E-state index contributed by atoms with van der Waals surface area (Å²) in [6.45, 7) is 5.98. The zero-order chi connectivity index (χ0) is 21.3. The molecule has 1 aliphatic carbocycles. The van der Waals surface area contributed by atoms with Crippen molar-refractivity contribution in [2.45, 2.75) is 45.6 Å². The SMILES string of the molecule is Cc1c(N2CCC(C)C2)c(F)cc2c(=O)n(N)c(=O)n(C3CC3)c12.N#CCCN. The van der Waals surface area contributed by atoms with Crippen LogP contribution in [0, 0.1) is 30.0 Å². The monoisotopic (exact) mass is 402 g/mol. The van der Waals surface area contributed by atoms with E-state index in [2.05, 4.69) is 6.92 Å². The molecular formula is C20H27FN6O2. The number of hydrogen-bond donors (Lipinski definition) is 2. The van der Waals surface area contributed by atoms with E-state index < -0.39 is 17.1 Å². The van der Waals surface area contributed by atoms with E-state index in [1.165, 1.54) is 6.07 Å². The average Bonchev–Trinajstić information content (AvgIpc) is 3.43. The van der Waals surface area contributed by atoms with E-state index in [4.69, 9.17) is 16.8 Å². The van der Waals surface area contributed by atoms with Crippen molar-refractivity contribution in [3.8, 4) is 6.07 Å². The Kier molecular flexibility index (Phi) is 5.94.